The van der Waals surface area contributed by atoms with Crippen molar-refractivity contribution in [2.75, 3.05) is 5.73 Å². The van der Waals surface area contributed by atoms with Gasteiger partial charge in [0, 0.05) is 6.20 Å². The van der Waals surface area contributed by atoms with Crippen molar-refractivity contribution >= 4 is 28.6 Å². The third-order valence-corrected chi connectivity index (χ3v) is 4.35. The fraction of sp³-hybridized carbons (Fsp3) is 0.267. The second kappa shape index (κ2) is 4.79. The lowest BCUT2D eigenvalue weighted by Gasteiger charge is -2.10. The van der Waals surface area contributed by atoms with E-state index < -0.39 is 12.0 Å². The molecule has 1 fully saturated rings. The van der Waals surface area contributed by atoms with E-state index in [0.29, 0.717) is 28.3 Å². The van der Waals surface area contributed by atoms with Crippen molar-refractivity contribution in [1.29, 1.82) is 0 Å². The number of hydrogen-bond donors (Lipinski definition) is 2. The SMILES string of the molecule is Nc1nc2nn(C(C(=O)O)C3CC3)cc2c2nc(-c3ccco3)nn12. The van der Waals surface area contributed by atoms with Crippen LogP contribution in [0.5, 0.6) is 0 Å². The number of fused-ring (bicyclic) bond motifs is 3. The van der Waals surface area contributed by atoms with Gasteiger partial charge in [-0.25, -0.2) is 9.78 Å². The van der Waals surface area contributed by atoms with Crippen molar-refractivity contribution in [1.82, 2.24) is 29.4 Å². The monoisotopic (exact) mass is 339 g/mol. The lowest BCUT2D eigenvalue weighted by Crippen LogP contribution is -2.21. The summed E-state index contributed by atoms with van der Waals surface area (Å²) in [7, 11) is 0. The van der Waals surface area contributed by atoms with Crippen LogP contribution in [0.15, 0.2) is 29.0 Å². The summed E-state index contributed by atoms with van der Waals surface area (Å²) in [6.45, 7) is 0. The summed E-state index contributed by atoms with van der Waals surface area (Å²) >= 11 is 0. The molecule has 4 aromatic heterocycles. The van der Waals surface area contributed by atoms with Crippen molar-refractivity contribution < 1.29 is 14.3 Å². The number of carboxylic acids is 1. The van der Waals surface area contributed by atoms with Crippen molar-refractivity contribution in [3.63, 3.8) is 0 Å². The van der Waals surface area contributed by atoms with Gasteiger partial charge in [-0.1, -0.05) is 0 Å². The van der Waals surface area contributed by atoms with Gasteiger partial charge in [0.2, 0.25) is 11.8 Å². The number of aromatic nitrogens is 6. The Morgan fingerprint density at radius 2 is 2.20 bits per heavy atom. The predicted octanol–water partition coefficient (Wildman–Crippen LogP) is 1.35. The Bertz CT molecular complexity index is 1110. The highest BCUT2D eigenvalue weighted by atomic mass is 16.4. The fourth-order valence-electron chi connectivity index (χ4n) is 3.02. The van der Waals surface area contributed by atoms with Crippen LogP contribution in [-0.4, -0.2) is 40.4 Å². The minimum absolute atomic E-state index is 0.0942. The topological polar surface area (TPSA) is 137 Å². The Morgan fingerprint density at radius 3 is 2.88 bits per heavy atom. The second-order valence-corrected chi connectivity index (χ2v) is 6.09. The molecule has 0 saturated heterocycles. The third-order valence-electron chi connectivity index (χ3n) is 4.35. The van der Waals surface area contributed by atoms with Crippen LogP contribution >= 0.6 is 0 Å². The smallest absolute Gasteiger partial charge is 0.328 e. The van der Waals surface area contributed by atoms with E-state index in [4.69, 9.17) is 10.2 Å². The number of carboxylic acid groups (broad SMARTS) is 1. The Kier molecular flexibility index (Phi) is 2.67. The summed E-state index contributed by atoms with van der Waals surface area (Å²) < 4.78 is 8.16. The first kappa shape index (κ1) is 14.0. The number of nitrogens with two attached hydrogens (primary N) is 1. The summed E-state index contributed by atoms with van der Waals surface area (Å²) in [6, 6.07) is 2.78. The van der Waals surface area contributed by atoms with Gasteiger partial charge in [-0.05, 0) is 30.9 Å². The van der Waals surface area contributed by atoms with E-state index in [2.05, 4.69) is 20.2 Å². The van der Waals surface area contributed by atoms with Crippen LogP contribution in [0.25, 0.3) is 28.3 Å². The molecule has 1 saturated carbocycles. The molecular formula is C15H13N7O3. The minimum atomic E-state index is -0.906. The molecule has 0 bridgehead atoms. The normalized spacial score (nSPS) is 15.8. The van der Waals surface area contributed by atoms with Gasteiger partial charge in [-0.15, -0.1) is 5.10 Å². The molecule has 0 aromatic carbocycles. The fourth-order valence-corrected chi connectivity index (χ4v) is 3.02. The zero-order chi connectivity index (χ0) is 17.1. The molecular weight excluding hydrogens is 326 g/mol. The Labute approximate surface area is 139 Å². The van der Waals surface area contributed by atoms with Crippen LogP contribution in [0.3, 0.4) is 0 Å². The highest BCUT2D eigenvalue weighted by molar-refractivity contribution is 5.90. The van der Waals surface area contributed by atoms with E-state index in [1.807, 2.05) is 0 Å². The van der Waals surface area contributed by atoms with Gasteiger partial charge in [0.25, 0.3) is 0 Å². The zero-order valence-electron chi connectivity index (χ0n) is 12.9. The molecule has 1 unspecified atom stereocenters. The molecule has 0 aliphatic heterocycles. The Hall–Kier alpha value is -3.43. The summed E-state index contributed by atoms with van der Waals surface area (Å²) in [4.78, 5) is 20.3. The summed E-state index contributed by atoms with van der Waals surface area (Å²) in [5, 5.41) is 18.7. The number of carbonyl (C=O) groups is 1. The van der Waals surface area contributed by atoms with Crippen molar-refractivity contribution in [3.8, 4) is 11.6 Å². The van der Waals surface area contributed by atoms with Gasteiger partial charge in [-0.2, -0.15) is 14.6 Å². The average molecular weight is 339 g/mol. The van der Waals surface area contributed by atoms with E-state index in [1.165, 1.54) is 15.5 Å². The number of furan rings is 1. The van der Waals surface area contributed by atoms with Crippen LogP contribution in [0.2, 0.25) is 0 Å². The number of hydrogen-bond acceptors (Lipinski definition) is 7. The molecule has 10 heteroatoms. The quantitative estimate of drug-likeness (QED) is 0.568. The molecule has 1 atom stereocenters. The molecule has 5 rings (SSSR count). The van der Waals surface area contributed by atoms with Gasteiger partial charge in [0.05, 0.1) is 11.6 Å². The van der Waals surface area contributed by atoms with E-state index in [0.717, 1.165) is 12.8 Å². The number of aliphatic carboxylic acids is 1. The van der Waals surface area contributed by atoms with Gasteiger partial charge in [-0.3, -0.25) is 4.68 Å². The predicted molar refractivity (Wildman–Crippen MR) is 85.6 cm³/mol. The third kappa shape index (κ3) is 2.07. The molecule has 0 spiro atoms. The molecule has 0 amide bonds. The van der Waals surface area contributed by atoms with Crippen molar-refractivity contribution in [3.05, 3.63) is 24.6 Å². The van der Waals surface area contributed by atoms with Crippen molar-refractivity contribution in [2.24, 2.45) is 5.92 Å². The number of anilines is 1. The minimum Gasteiger partial charge on any atom is -0.480 e. The number of nitrogen functional groups attached to an aromatic ring is 1. The molecule has 10 nitrogen and oxygen atoms in total. The van der Waals surface area contributed by atoms with Gasteiger partial charge >= 0.3 is 5.97 Å². The average Bonchev–Trinajstić information content (AvgIpc) is 3.01. The van der Waals surface area contributed by atoms with Gasteiger partial charge in [0.1, 0.15) is 0 Å². The van der Waals surface area contributed by atoms with E-state index >= 15 is 0 Å². The number of rotatable bonds is 4. The van der Waals surface area contributed by atoms with E-state index in [-0.39, 0.29) is 11.9 Å². The Morgan fingerprint density at radius 1 is 1.36 bits per heavy atom. The number of nitrogens with zero attached hydrogens (tertiary/aromatic N) is 6. The van der Waals surface area contributed by atoms with Crippen LogP contribution in [0, 0.1) is 5.92 Å². The first-order valence-corrected chi connectivity index (χ1v) is 7.79. The van der Waals surface area contributed by atoms with E-state index in [9.17, 15) is 9.90 Å². The Balaban J connectivity index is 1.72. The molecule has 25 heavy (non-hydrogen) atoms. The lowest BCUT2D eigenvalue weighted by atomic mass is 10.2. The maximum absolute atomic E-state index is 11.6. The highest BCUT2D eigenvalue weighted by Gasteiger charge is 2.38. The zero-order valence-corrected chi connectivity index (χ0v) is 12.9. The molecule has 126 valence electrons. The molecule has 4 aromatic rings. The van der Waals surface area contributed by atoms with Crippen molar-refractivity contribution in [2.45, 2.75) is 18.9 Å². The van der Waals surface area contributed by atoms with Crippen LogP contribution in [0.1, 0.15) is 18.9 Å². The van der Waals surface area contributed by atoms with Crippen LogP contribution in [-0.2, 0) is 4.79 Å². The van der Waals surface area contributed by atoms with Crippen LogP contribution in [0.4, 0.5) is 5.95 Å². The first-order chi connectivity index (χ1) is 12.1. The standard InChI is InChI=1S/C15H13N7O3/c16-15-18-11-8(6-21(19-11)10(14(23)24)7-3-4-7)13-17-12(20-22(13)15)9-2-1-5-25-9/h1-2,5-7,10H,3-4H2,(H,23,24)(H2,16,18,19). The highest BCUT2D eigenvalue weighted by Crippen LogP contribution is 2.40. The van der Waals surface area contributed by atoms with Gasteiger partial charge in [0.15, 0.2) is 23.1 Å². The van der Waals surface area contributed by atoms with E-state index in [1.54, 1.807) is 18.3 Å². The lowest BCUT2D eigenvalue weighted by molar-refractivity contribution is -0.141. The molecule has 4 heterocycles. The maximum Gasteiger partial charge on any atom is 0.328 e. The molecule has 1 aliphatic carbocycles. The summed E-state index contributed by atoms with van der Waals surface area (Å²) in [5.41, 5.74) is 6.76. The summed E-state index contributed by atoms with van der Waals surface area (Å²) in [5.74, 6) is 0.186. The second-order valence-electron chi connectivity index (χ2n) is 6.09. The first-order valence-electron chi connectivity index (χ1n) is 7.79. The van der Waals surface area contributed by atoms with Crippen LogP contribution < -0.4 is 5.73 Å². The maximum atomic E-state index is 11.6. The summed E-state index contributed by atoms with van der Waals surface area (Å²) in [6.07, 6.45) is 4.94. The molecule has 0 radical (unpaired) electrons. The van der Waals surface area contributed by atoms with Gasteiger partial charge < -0.3 is 15.3 Å². The molecule has 3 N–H and O–H groups in total. The largest absolute Gasteiger partial charge is 0.480 e. The molecule has 1 aliphatic rings.